The van der Waals surface area contributed by atoms with Crippen molar-refractivity contribution in [1.29, 1.82) is 0 Å². The Morgan fingerprint density at radius 3 is 2.77 bits per heavy atom. The average molecular weight is 354 g/mol. The monoisotopic (exact) mass is 354 g/mol. The number of amides is 1. The molecule has 1 atom stereocenters. The molecule has 1 fully saturated rings. The predicted octanol–water partition coefficient (Wildman–Crippen LogP) is 2.76. The highest BCUT2D eigenvalue weighted by Crippen LogP contribution is 2.23. The third kappa shape index (κ3) is 4.38. The fourth-order valence-corrected chi connectivity index (χ4v) is 3.51. The van der Waals surface area contributed by atoms with Crippen LogP contribution >= 0.6 is 0 Å². The van der Waals surface area contributed by atoms with Gasteiger partial charge in [-0.2, -0.15) is 0 Å². The maximum Gasteiger partial charge on any atom is 0.253 e. The predicted molar refractivity (Wildman–Crippen MR) is 101 cm³/mol. The molecule has 6 nitrogen and oxygen atoms in total. The zero-order chi connectivity index (χ0) is 18.4. The van der Waals surface area contributed by atoms with E-state index in [9.17, 15) is 4.79 Å². The van der Waals surface area contributed by atoms with Gasteiger partial charge >= 0.3 is 0 Å². The first-order valence-corrected chi connectivity index (χ1v) is 9.06. The highest BCUT2D eigenvalue weighted by molar-refractivity contribution is 5.94. The summed E-state index contributed by atoms with van der Waals surface area (Å²) in [6, 6.07) is 7.69. The minimum atomic E-state index is 0.103. The van der Waals surface area contributed by atoms with Gasteiger partial charge in [0.25, 0.3) is 5.91 Å². The van der Waals surface area contributed by atoms with Crippen LogP contribution in [0.3, 0.4) is 0 Å². The lowest BCUT2D eigenvalue weighted by atomic mass is 9.92. The first-order valence-electron chi connectivity index (χ1n) is 9.06. The molecule has 1 aromatic heterocycles. The molecule has 0 saturated carbocycles. The number of likely N-dealkylation sites (tertiary alicyclic amines) is 1. The maximum absolute atomic E-state index is 12.8. The fourth-order valence-electron chi connectivity index (χ4n) is 3.51. The summed E-state index contributed by atoms with van der Waals surface area (Å²) >= 11 is 0. The van der Waals surface area contributed by atoms with Crippen molar-refractivity contribution < 1.29 is 9.53 Å². The molecule has 3 rings (SSSR count). The zero-order valence-corrected chi connectivity index (χ0v) is 15.4. The second-order valence-electron chi connectivity index (χ2n) is 6.70. The normalized spacial score (nSPS) is 17.2. The number of carbonyl (C=O) groups is 1. The van der Waals surface area contributed by atoms with Gasteiger partial charge in [-0.05, 0) is 42.9 Å². The standard InChI is InChI=1S/C20H26N4O2/c1-21-19-18(22-9-10-23-19)12-16-4-3-11-24(13-16)20(25)17-7-5-15(6-8-17)14-26-2/h5-10,16H,3-4,11-14H2,1-2H3,(H,21,23)/t16-/m0/s1. The van der Waals surface area contributed by atoms with E-state index in [-0.39, 0.29) is 5.91 Å². The molecule has 138 valence electrons. The first-order chi connectivity index (χ1) is 12.7. The fraction of sp³-hybridized carbons (Fsp3) is 0.450. The topological polar surface area (TPSA) is 67.4 Å². The van der Waals surface area contributed by atoms with E-state index in [1.54, 1.807) is 19.5 Å². The van der Waals surface area contributed by atoms with Gasteiger partial charge < -0.3 is 15.0 Å². The minimum absolute atomic E-state index is 0.103. The lowest BCUT2D eigenvalue weighted by Crippen LogP contribution is -2.40. The van der Waals surface area contributed by atoms with Crippen LogP contribution in [-0.2, 0) is 17.8 Å². The Balaban J connectivity index is 1.65. The molecule has 1 aliphatic rings. The lowest BCUT2D eigenvalue weighted by Gasteiger charge is -2.33. The summed E-state index contributed by atoms with van der Waals surface area (Å²) in [6.45, 7) is 2.14. The molecule has 1 amide bonds. The molecule has 0 radical (unpaired) electrons. The van der Waals surface area contributed by atoms with Crippen LogP contribution in [0.5, 0.6) is 0 Å². The van der Waals surface area contributed by atoms with E-state index in [2.05, 4.69) is 15.3 Å². The largest absolute Gasteiger partial charge is 0.380 e. The van der Waals surface area contributed by atoms with E-state index in [1.807, 2.05) is 36.2 Å². The molecule has 2 heterocycles. The number of hydrogen-bond acceptors (Lipinski definition) is 5. The number of carbonyl (C=O) groups excluding carboxylic acids is 1. The maximum atomic E-state index is 12.8. The van der Waals surface area contributed by atoms with Crippen molar-refractivity contribution in [3.8, 4) is 0 Å². The number of ether oxygens (including phenoxy) is 1. The van der Waals surface area contributed by atoms with Crippen molar-refractivity contribution in [3.63, 3.8) is 0 Å². The van der Waals surface area contributed by atoms with Gasteiger partial charge in [0.15, 0.2) is 0 Å². The third-order valence-corrected chi connectivity index (χ3v) is 4.81. The first kappa shape index (κ1) is 18.3. The van der Waals surface area contributed by atoms with Crippen LogP contribution in [0.15, 0.2) is 36.7 Å². The van der Waals surface area contributed by atoms with Gasteiger partial charge in [0.05, 0.1) is 12.3 Å². The number of nitrogens with one attached hydrogen (secondary N) is 1. The second kappa shape index (κ2) is 8.76. The van der Waals surface area contributed by atoms with Gasteiger partial charge in [-0.25, -0.2) is 4.98 Å². The number of methoxy groups -OCH3 is 1. The van der Waals surface area contributed by atoms with E-state index < -0.39 is 0 Å². The van der Waals surface area contributed by atoms with Crippen molar-refractivity contribution in [3.05, 3.63) is 53.5 Å². The van der Waals surface area contributed by atoms with Crippen molar-refractivity contribution in [2.45, 2.75) is 25.9 Å². The molecular weight excluding hydrogens is 328 g/mol. The van der Waals surface area contributed by atoms with Crippen molar-refractivity contribution in [2.75, 3.05) is 32.6 Å². The van der Waals surface area contributed by atoms with Crippen LogP contribution in [0.25, 0.3) is 0 Å². The van der Waals surface area contributed by atoms with E-state index in [0.717, 1.165) is 55.0 Å². The van der Waals surface area contributed by atoms with E-state index in [4.69, 9.17) is 4.74 Å². The molecule has 1 aliphatic heterocycles. The summed E-state index contributed by atoms with van der Waals surface area (Å²) in [6.07, 6.45) is 6.38. The van der Waals surface area contributed by atoms with Gasteiger partial charge in [0.2, 0.25) is 0 Å². The summed E-state index contributed by atoms with van der Waals surface area (Å²) in [5, 5.41) is 3.10. The Kier molecular flexibility index (Phi) is 6.17. The van der Waals surface area contributed by atoms with Crippen LogP contribution in [-0.4, -0.2) is 48.0 Å². The quantitative estimate of drug-likeness (QED) is 0.864. The van der Waals surface area contributed by atoms with Crippen molar-refractivity contribution >= 4 is 11.7 Å². The van der Waals surface area contributed by atoms with Crippen LogP contribution in [0.4, 0.5) is 5.82 Å². The molecule has 6 heteroatoms. The minimum Gasteiger partial charge on any atom is -0.380 e. The Labute approximate surface area is 154 Å². The molecule has 1 aromatic carbocycles. The van der Waals surface area contributed by atoms with Gasteiger partial charge in [-0.3, -0.25) is 9.78 Å². The Hall–Kier alpha value is -2.47. The smallest absolute Gasteiger partial charge is 0.253 e. The van der Waals surface area contributed by atoms with Gasteiger partial charge in [-0.15, -0.1) is 0 Å². The number of piperidine rings is 1. The average Bonchev–Trinajstić information content (AvgIpc) is 2.69. The van der Waals surface area contributed by atoms with E-state index in [0.29, 0.717) is 12.5 Å². The van der Waals surface area contributed by atoms with E-state index in [1.165, 1.54) is 0 Å². The summed E-state index contributed by atoms with van der Waals surface area (Å²) in [7, 11) is 3.53. The molecular formula is C20H26N4O2. The van der Waals surface area contributed by atoms with Crippen molar-refractivity contribution in [2.24, 2.45) is 5.92 Å². The Bertz CT molecular complexity index is 733. The highest BCUT2D eigenvalue weighted by atomic mass is 16.5. The lowest BCUT2D eigenvalue weighted by molar-refractivity contribution is 0.0673. The molecule has 1 N–H and O–H groups in total. The number of rotatable bonds is 6. The number of benzene rings is 1. The van der Waals surface area contributed by atoms with Gasteiger partial charge in [0.1, 0.15) is 5.82 Å². The molecule has 1 saturated heterocycles. The van der Waals surface area contributed by atoms with E-state index >= 15 is 0 Å². The second-order valence-corrected chi connectivity index (χ2v) is 6.70. The Morgan fingerprint density at radius 1 is 1.27 bits per heavy atom. The molecule has 0 spiro atoms. The molecule has 26 heavy (non-hydrogen) atoms. The van der Waals surface area contributed by atoms with Crippen LogP contribution in [0.2, 0.25) is 0 Å². The summed E-state index contributed by atoms with van der Waals surface area (Å²) < 4.78 is 5.12. The summed E-state index contributed by atoms with van der Waals surface area (Å²) in [4.78, 5) is 23.6. The molecule has 2 aromatic rings. The highest BCUT2D eigenvalue weighted by Gasteiger charge is 2.25. The van der Waals surface area contributed by atoms with Crippen LogP contribution < -0.4 is 5.32 Å². The van der Waals surface area contributed by atoms with Gasteiger partial charge in [-0.1, -0.05) is 12.1 Å². The Morgan fingerprint density at radius 2 is 2.04 bits per heavy atom. The van der Waals surface area contributed by atoms with Crippen LogP contribution in [0, 0.1) is 5.92 Å². The molecule has 0 unspecified atom stereocenters. The number of aromatic nitrogens is 2. The number of hydrogen-bond donors (Lipinski definition) is 1. The molecule has 0 bridgehead atoms. The van der Waals surface area contributed by atoms with Crippen molar-refractivity contribution in [1.82, 2.24) is 14.9 Å². The number of nitrogens with zero attached hydrogens (tertiary/aromatic N) is 3. The van der Waals surface area contributed by atoms with Crippen LogP contribution in [0.1, 0.15) is 34.5 Å². The SMILES string of the molecule is CNc1nccnc1C[C@@H]1CCCN(C(=O)c2ccc(COC)cc2)C1. The third-order valence-electron chi connectivity index (χ3n) is 4.81. The molecule has 0 aliphatic carbocycles. The number of anilines is 1. The summed E-state index contributed by atoms with van der Waals surface area (Å²) in [5.41, 5.74) is 2.78. The zero-order valence-electron chi connectivity index (χ0n) is 15.4. The summed E-state index contributed by atoms with van der Waals surface area (Å²) in [5.74, 6) is 1.33. The van der Waals surface area contributed by atoms with Gasteiger partial charge in [0, 0.05) is 45.2 Å².